The van der Waals surface area contributed by atoms with Crippen LogP contribution >= 0.6 is 0 Å². The zero-order valence-electron chi connectivity index (χ0n) is 9.69. The zero-order chi connectivity index (χ0) is 11.5. The molecule has 0 heterocycles. The van der Waals surface area contributed by atoms with Gasteiger partial charge in [0.15, 0.2) is 0 Å². The molecule has 1 aliphatic carbocycles. The van der Waals surface area contributed by atoms with E-state index in [0.29, 0.717) is 12.5 Å². The Labute approximate surface area is 95.8 Å². The lowest BCUT2D eigenvalue weighted by molar-refractivity contribution is -0.117. The van der Waals surface area contributed by atoms with E-state index in [2.05, 4.69) is 12.2 Å². The van der Waals surface area contributed by atoms with Crippen molar-refractivity contribution in [3.8, 4) is 5.75 Å². The second kappa shape index (κ2) is 4.56. The zero-order valence-corrected chi connectivity index (χ0v) is 9.69. The Morgan fingerprint density at radius 1 is 1.44 bits per heavy atom. The molecule has 3 heteroatoms. The summed E-state index contributed by atoms with van der Waals surface area (Å²) in [7, 11) is 0. The van der Waals surface area contributed by atoms with E-state index in [0.717, 1.165) is 17.9 Å². The van der Waals surface area contributed by atoms with E-state index in [1.54, 1.807) is 0 Å². The van der Waals surface area contributed by atoms with Crippen molar-refractivity contribution >= 4 is 11.6 Å². The quantitative estimate of drug-likeness (QED) is 0.845. The summed E-state index contributed by atoms with van der Waals surface area (Å²) in [6, 6.07) is 7.48. The number of nitrogens with one attached hydrogen (secondary N) is 1. The van der Waals surface area contributed by atoms with Crippen LogP contribution in [0, 0.1) is 11.8 Å². The first-order valence-corrected chi connectivity index (χ1v) is 5.74. The van der Waals surface area contributed by atoms with Gasteiger partial charge in [0.25, 0.3) is 0 Å². The van der Waals surface area contributed by atoms with Crippen molar-refractivity contribution in [2.45, 2.75) is 20.3 Å². The lowest BCUT2D eigenvalue weighted by Crippen LogP contribution is -2.14. The Morgan fingerprint density at radius 3 is 2.56 bits per heavy atom. The fraction of sp³-hybridized carbons (Fsp3) is 0.462. The predicted octanol–water partition coefficient (Wildman–Crippen LogP) is 2.68. The maximum absolute atomic E-state index is 11.7. The van der Waals surface area contributed by atoms with E-state index in [-0.39, 0.29) is 11.8 Å². The van der Waals surface area contributed by atoms with Crippen LogP contribution in [0.15, 0.2) is 24.3 Å². The van der Waals surface area contributed by atoms with Gasteiger partial charge in [-0.1, -0.05) is 6.92 Å². The van der Waals surface area contributed by atoms with Crippen LogP contribution in [0.5, 0.6) is 5.75 Å². The first kappa shape index (κ1) is 11.0. The molecule has 3 nitrogen and oxygen atoms in total. The average Bonchev–Trinajstić information content (AvgIpc) is 2.99. The van der Waals surface area contributed by atoms with Crippen molar-refractivity contribution in [1.29, 1.82) is 0 Å². The molecule has 1 fully saturated rings. The number of hydrogen-bond acceptors (Lipinski definition) is 2. The third-order valence-electron chi connectivity index (χ3n) is 2.88. The van der Waals surface area contributed by atoms with Crippen molar-refractivity contribution in [3.63, 3.8) is 0 Å². The normalized spacial score (nSPS) is 22.6. The van der Waals surface area contributed by atoms with E-state index in [1.807, 2.05) is 31.2 Å². The molecular weight excluding hydrogens is 202 g/mol. The predicted molar refractivity (Wildman–Crippen MR) is 63.5 cm³/mol. The van der Waals surface area contributed by atoms with E-state index in [4.69, 9.17) is 4.74 Å². The molecule has 86 valence electrons. The molecule has 2 rings (SSSR count). The van der Waals surface area contributed by atoms with Crippen molar-refractivity contribution in [3.05, 3.63) is 24.3 Å². The van der Waals surface area contributed by atoms with Crippen LogP contribution in [0.2, 0.25) is 0 Å². The Morgan fingerprint density at radius 2 is 2.06 bits per heavy atom. The Balaban J connectivity index is 1.92. The molecule has 1 aromatic rings. The summed E-state index contributed by atoms with van der Waals surface area (Å²) in [5.74, 6) is 1.73. The Kier molecular flexibility index (Phi) is 3.13. The molecule has 0 saturated heterocycles. The largest absolute Gasteiger partial charge is 0.494 e. The second-order valence-corrected chi connectivity index (χ2v) is 4.27. The lowest BCUT2D eigenvalue weighted by Gasteiger charge is -2.06. The van der Waals surface area contributed by atoms with Gasteiger partial charge in [-0.3, -0.25) is 4.79 Å². The topological polar surface area (TPSA) is 38.3 Å². The van der Waals surface area contributed by atoms with Gasteiger partial charge in [-0.05, 0) is 43.5 Å². The van der Waals surface area contributed by atoms with Crippen LogP contribution < -0.4 is 10.1 Å². The first-order chi connectivity index (χ1) is 7.70. The minimum Gasteiger partial charge on any atom is -0.494 e. The third kappa shape index (κ3) is 2.54. The SMILES string of the molecule is CCOc1ccc(NC(=O)[C@H]2C[C@H]2C)cc1. The second-order valence-electron chi connectivity index (χ2n) is 4.27. The number of anilines is 1. The molecule has 0 unspecified atom stereocenters. The van der Waals surface area contributed by atoms with Crippen LogP contribution in [-0.4, -0.2) is 12.5 Å². The molecule has 1 saturated carbocycles. The van der Waals surface area contributed by atoms with Crippen LogP contribution in [-0.2, 0) is 4.79 Å². The van der Waals surface area contributed by atoms with E-state index < -0.39 is 0 Å². The average molecular weight is 219 g/mol. The Hall–Kier alpha value is -1.51. The fourth-order valence-electron chi connectivity index (χ4n) is 1.72. The van der Waals surface area contributed by atoms with E-state index in [1.165, 1.54) is 0 Å². The highest BCUT2D eigenvalue weighted by Gasteiger charge is 2.38. The van der Waals surface area contributed by atoms with Crippen molar-refractivity contribution < 1.29 is 9.53 Å². The maximum Gasteiger partial charge on any atom is 0.227 e. The smallest absolute Gasteiger partial charge is 0.227 e. The van der Waals surface area contributed by atoms with Crippen LogP contribution in [0.3, 0.4) is 0 Å². The van der Waals surface area contributed by atoms with Gasteiger partial charge >= 0.3 is 0 Å². The van der Waals surface area contributed by atoms with Gasteiger partial charge in [0.1, 0.15) is 5.75 Å². The molecule has 0 spiro atoms. The number of amides is 1. The van der Waals surface area contributed by atoms with Crippen LogP contribution in [0.1, 0.15) is 20.3 Å². The number of carbonyl (C=O) groups excluding carboxylic acids is 1. The van der Waals surface area contributed by atoms with Gasteiger partial charge < -0.3 is 10.1 Å². The van der Waals surface area contributed by atoms with Crippen molar-refractivity contribution in [2.24, 2.45) is 11.8 Å². The monoisotopic (exact) mass is 219 g/mol. The van der Waals surface area contributed by atoms with E-state index in [9.17, 15) is 4.79 Å². The molecule has 0 aliphatic heterocycles. The van der Waals surface area contributed by atoms with E-state index >= 15 is 0 Å². The van der Waals surface area contributed by atoms with Gasteiger partial charge in [-0.2, -0.15) is 0 Å². The van der Waals surface area contributed by atoms with Gasteiger partial charge in [0, 0.05) is 11.6 Å². The molecule has 0 radical (unpaired) electrons. The van der Waals surface area contributed by atoms with Gasteiger partial charge in [-0.25, -0.2) is 0 Å². The minimum atomic E-state index is 0.136. The molecule has 0 bridgehead atoms. The summed E-state index contributed by atoms with van der Waals surface area (Å²) in [6.45, 7) is 4.71. The summed E-state index contributed by atoms with van der Waals surface area (Å²) in [5.41, 5.74) is 0.840. The summed E-state index contributed by atoms with van der Waals surface area (Å²) in [4.78, 5) is 11.7. The summed E-state index contributed by atoms with van der Waals surface area (Å²) >= 11 is 0. The highest BCUT2D eigenvalue weighted by atomic mass is 16.5. The summed E-state index contributed by atoms with van der Waals surface area (Å²) in [6.07, 6.45) is 1.02. The highest BCUT2D eigenvalue weighted by Crippen LogP contribution is 2.38. The maximum atomic E-state index is 11.7. The highest BCUT2D eigenvalue weighted by molar-refractivity contribution is 5.94. The standard InChI is InChI=1S/C13H17NO2/c1-3-16-11-6-4-10(5-7-11)14-13(15)12-8-9(12)2/h4-7,9,12H,3,8H2,1-2H3,(H,14,15)/t9-,12+/m1/s1. The summed E-state index contributed by atoms with van der Waals surface area (Å²) in [5, 5.41) is 2.91. The number of hydrogen-bond donors (Lipinski definition) is 1. The molecule has 16 heavy (non-hydrogen) atoms. The number of rotatable bonds is 4. The molecule has 2 atom stereocenters. The third-order valence-corrected chi connectivity index (χ3v) is 2.88. The van der Waals surface area contributed by atoms with Gasteiger partial charge in [0.2, 0.25) is 5.91 Å². The van der Waals surface area contributed by atoms with Gasteiger partial charge in [0.05, 0.1) is 6.61 Å². The van der Waals surface area contributed by atoms with Gasteiger partial charge in [-0.15, -0.1) is 0 Å². The number of carbonyl (C=O) groups is 1. The van der Waals surface area contributed by atoms with Crippen molar-refractivity contribution in [1.82, 2.24) is 0 Å². The van der Waals surface area contributed by atoms with Crippen LogP contribution in [0.25, 0.3) is 0 Å². The molecule has 1 amide bonds. The van der Waals surface area contributed by atoms with Crippen molar-refractivity contribution in [2.75, 3.05) is 11.9 Å². The number of benzene rings is 1. The lowest BCUT2D eigenvalue weighted by atomic mass is 10.2. The molecule has 0 aromatic heterocycles. The summed E-state index contributed by atoms with van der Waals surface area (Å²) < 4.78 is 5.33. The molecule has 1 N–H and O–H groups in total. The van der Waals surface area contributed by atoms with Crippen LogP contribution in [0.4, 0.5) is 5.69 Å². The fourth-order valence-corrected chi connectivity index (χ4v) is 1.72. The Bertz CT molecular complexity index is 372. The number of ether oxygens (including phenoxy) is 1. The molecule has 1 aliphatic rings. The first-order valence-electron chi connectivity index (χ1n) is 5.74. The minimum absolute atomic E-state index is 0.136. The molecule has 1 aromatic carbocycles. The molecular formula is C13H17NO2.